The molecule has 0 atom stereocenters. The molecule has 0 spiro atoms. The van der Waals surface area contributed by atoms with Crippen LogP contribution in [-0.4, -0.2) is 138 Å². The van der Waals surface area contributed by atoms with Crippen LogP contribution in [0.3, 0.4) is 0 Å². The molecule has 0 aliphatic rings. The van der Waals surface area contributed by atoms with Crippen LogP contribution >= 0.6 is 11.6 Å². The zero-order chi connectivity index (χ0) is 69.3. The first-order chi connectivity index (χ1) is 43.5. The molecule has 6 aromatic rings. The number of hydrogen-bond acceptors (Lipinski definition) is 24. The molecule has 0 saturated carbocycles. The molecule has 40 heteroatoms. The quantitative estimate of drug-likeness (QED) is 0.00510. The third-order valence-corrected chi connectivity index (χ3v) is 10.7. The van der Waals surface area contributed by atoms with Crippen LogP contribution in [0.5, 0.6) is 5.75 Å². The van der Waals surface area contributed by atoms with Crippen LogP contribution in [0.25, 0.3) is 4.98 Å². The van der Waals surface area contributed by atoms with E-state index in [1.54, 1.807) is 24.3 Å². The van der Waals surface area contributed by atoms with Gasteiger partial charge in [-0.05, 0) is 115 Å². The number of hydrogen-bond donors (Lipinski definition) is 11. The molecular formula is C57H57Cl2N12Na3O23. The average Bonchev–Trinajstić information content (AvgIpc) is 0.949. The van der Waals surface area contributed by atoms with Crippen molar-refractivity contribution >= 4 is 110 Å². The number of aromatic hydroxyl groups is 1. The number of nitrogens with one attached hydrogen (secondary N) is 4. The van der Waals surface area contributed by atoms with Gasteiger partial charge in [-0.3, -0.25) is 63.4 Å². The van der Waals surface area contributed by atoms with E-state index < -0.39 is 74.0 Å². The van der Waals surface area contributed by atoms with E-state index in [9.17, 15) is 88.3 Å². The zero-order valence-corrected chi connectivity index (χ0v) is 59.1. The number of carboxylic acids is 6. The van der Waals surface area contributed by atoms with Gasteiger partial charge >= 0.3 is 118 Å². The van der Waals surface area contributed by atoms with Crippen molar-refractivity contribution in [2.24, 2.45) is 16.0 Å². The maximum absolute atomic E-state index is 11.8. The van der Waals surface area contributed by atoms with E-state index in [2.05, 4.69) is 36.5 Å². The van der Waals surface area contributed by atoms with Crippen LogP contribution in [-0.2, 0) is 24.0 Å². The Morgan fingerprint density at radius 3 is 1.10 bits per heavy atom. The molecule has 0 unspecified atom stereocenters. The number of nitrogens with zero attached hydrogens (tertiary/aromatic N) is 6. The number of nitrogens with two attached hydrogens (primary N) is 2. The van der Waals surface area contributed by atoms with Crippen molar-refractivity contribution in [3.8, 4) is 5.75 Å². The molecule has 0 fully saturated rings. The summed E-state index contributed by atoms with van der Waals surface area (Å²) in [4.78, 5) is 140. The maximum atomic E-state index is 11.8. The Hall–Kier alpha value is -9.39. The summed E-state index contributed by atoms with van der Waals surface area (Å²) in [5.41, 5.74) is 12.9. The first kappa shape index (κ1) is 96.3. The number of carboxylic acid groups (broad SMARTS) is 6. The van der Waals surface area contributed by atoms with E-state index in [1.165, 1.54) is 109 Å². The SMILES string of the molecule is N#[N+]c1ccc(C(=O)NCCC(=O)O)cc1.NCCC(=O)O.Nc1ccc(C(=O)NCCC(=O)O)cc1.O=C(Cl)c1ccc([N+](=O)[O-])cc1.O=C(O)CCNC(=O)c1ccc([N+](=O)[O-])cc1.O=C([O-])CCNC(=O)c1ccc(N=Nc2ccc(O)c(C(=O)[O-])c2)cc1.[Cl-].[Na+].[Na+].[Na+].[OH-]. The minimum Gasteiger partial charge on any atom is -1.00 e. The van der Waals surface area contributed by atoms with Crippen molar-refractivity contribution in [2.45, 2.75) is 32.1 Å². The molecule has 0 saturated heterocycles. The van der Waals surface area contributed by atoms with Gasteiger partial charge in [0.1, 0.15) is 5.75 Å². The first-order valence-electron chi connectivity index (χ1n) is 25.9. The molecule has 4 amide bonds. The second kappa shape index (κ2) is 53.8. The molecule has 0 heterocycles. The summed E-state index contributed by atoms with van der Waals surface area (Å²) in [5.74, 6) is -8.51. The standard InChI is InChI=1S/C17H15N3O6.C10H9N3O3.C10H10N2O5.C10H12N2O3.C7H4ClNO3.C3H7NO2.ClH.3Na.H2O/c21-14-6-5-12(9-13(14)17(25)26)20-19-11-3-1-10(2-4-11)16(24)18-8-7-15(22)23;11-13-8-3-1-7(2-4-8)10(16)12-6-5-9(14)15;13-9(14)5-6-11-10(15)7-1-3-8(4-2-7)12(16)17;11-8-3-1-7(2-4-8)10(15)12-6-5-9(13)14;8-7(10)5-1-3-6(4-2-5)9(11)12;4-2-1-3(5)6;;;;;/h1-6,9,21H,7-8H2,(H,18,24)(H,22,23)(H,25,26);1-4H,5-6H2,(H-,12,14,15,16);1-4H,5-6H2,(H,11,15)(H,13,14);1-4H,5-6,11H2,(H,12,15)(H,13,14);1-4H;1-2,4H2,(H,5,6);1H;;;;1H2/q;;;;;;;3*+1;/p-3. The van der Waals surface area contributed by atoms with E-state index in [1.807, 2.05) is 0 Å². The summed E-state index contributed by atoms with van der Waals surface area (Å²) in [6, 6.07) is 32.1. The van der Waals surface area contributed by atoms with Gasteiger partial charge in [-0.1, -0.05) is 0 Å². The molecule has 97 heavy (non-hydrogen) atoms. The molecule has 35 nitrogen and oxygen atoms in total. The Balaban J connectivity index is -0.000000359. The summed E-state index contributed by atoms with van der Waals surface area (Å²) in [6.45, 7) is 0.420. The number of nitro benzene ring substituents is 2. The van der Waals surface area contributed by atoms with Crippen LogP contribution in [0.15, 0.2) is 150 Å². The number of phenols is 1. The van der Waals surface area contributed by atoms with Gasteiger partial charge in [0.05, 0.1) is 52.9 Å². The number of carbonyl (C=O) groups is 11. The Labute approximate surface area is 627 Å². The molecule has 6 aromatic carbocycles. The number of amides is 4. The first-order valence-corrected chi connectivity index (χ1v) is 26.3. The topological polar surface area (TPSA) is 604 Å². The predicted octanol–water partition coefficient (Wildman–Crippen LogP) is -8.08. The van der Waals surface area contributed by atoms with Crippen LogP contribution in [0, 0.1) is 25.6 Å². The number of non-ortho nitro benzene ring substituents is 2. The fourth-order valence-electron chi connectivity index (χ4n) is 5.97. The smallest absolute Gasteiger partial charge is 1.00 e. The summed E-state index contributed by atoms with van der Waals surface area (Å²) in [5, 5.41) is 109. The number of halogens is 2. The van der Waals surface area contributed by atoms with Gasteiger partial charge in [0.15, 0.2) is 4.98 Å². The monoisotopic (exact) mass is 1420 g/mol. The van der Waals surface area contributed by atoms with Crippen molar-refractivity contribution in [2.75, 3.05) is 38.5 Å². The van der Waals surface area contributed by atoms with Crippen molar-refractivity contribution in [3.63, 3.8) is 0 Å². The van der Waals surface area contributed by atoms with Gasteiger partial charge in [-0.2, -0.15) is 10.2 Å². The second-order valence-electron chi connectivity index (χ2n) is 17.4. The fraction of sp³-hybridized carbons (Fsp3) is 0.175. The second-order valence-corrected chi connectivity index (χ2v) is 17.7. The third kappa shape index (κ3) is 43.3. The van der Waals surface area contributed by atoms with E-state index in [0.717, 1.165) is 6.07 Å². The largest absolute Gasteiger partial charge is 1.00 e. The number of diazo groups is 1. The molecule has 500 valence electrons. The number of benzene rings is 6. The zero-order valence-electron chi connectivity index (χ0n) is 51.6. The van der Waals surface area contributed by atoms with Crippen molar-refractivity contribution < 1.29 is 205 Å². The van der Waals surface area contributed by atoms with E-state index in [-0.39, 0.29) is 211 Å². The number of anilines is 1. The molecule has 14 N–H and O–H groups in total. The molecular weight excluding hydrogens is 1360 g/mol. The van der Waals surface area contributed by atoms with Gasteiger partial charge in [0.2, 0.25) is 5.39 Å². The molecule has 0 radical (unpaired) electrons. The fourth-order valence-corrected chi connectivity index (χ4v) is 6.09. The van der Waals surface area contributed by atoms with E-state index >= 15 is 0 Å². The van der Waals surface area contributed by atoms with E-state index in [0.29, 0.717) is 33.8 Å². The number of aliphatic carboxylic acids is 5. The molecule has 0 aromatic heterocycles. The van der Waals surface area contributed by atoms with Crippen LogP contribution in [0.4, 0.5) is 34.1 Å². The van der Waals surface area contributed by atoms with Gasteiger partial charge in [0.25, 0.3) is 40.2 Å². The van der Waals surface area contributed by atoms with Crippen molar-refractivity contribution in [1.82, 2.24) is 21.3 Å². The predicted molar refractivity (Wildman–Crippen MR) is 320 cm³/mol. The molecule has 0 aliphatic heterocycles. The van der Waals surface area contributed by atoms with Gasteiger partial charge in [0, 0.05) is 121 Å². The van der Waals surface area contributed by atoms with Crippen LogP contribution in [0.2, 0.25) is 0 Å². The Bertz CT molecular complexity index is 3600. The normalized spacial score (nSPS) is 9.21. The molecule has 0 aliphatic carbocycles. The third-order valence-electron chi connectivity index (χ3n) is 10.5. The number of rotatable bonds is 24. The summed E-state index contributed by atoms with van der Waals surface area (Å²) < 4.78 is 0. The van der Waals surface area contributed by atoms with E-state index in [4.69, 9.17) is 48.9 Å². The Morgan fingerprint density at radius 1 is 0.495 bits per heavy atom. The average molecular weight is 1420 g/mol. The van der Waals surface area contributed by atoms with Gasteiger partial charge in [-0.15, -0.1) is 0 Å². The van der Waals surface area contributed by atoms with Gasteiger partial charge < -0.3 is 96.0 Å². The summed E-state index contributed by atoms with van der Waals surface area (Å²) >= 11 is 5.13. The van der Waals surface area contributed by atoms with Crippen molar-refractivity contribution in [1.29, 1.82) is 5.39 Å². The Kier molecular flexibility index (Phi) is 53.4. The minimum absolute atomic E-state index is 0. The van der Waals surface area contributed by atoms with Crippen molar-refractivity contribution in [3.05, 3.63) is 198 Å². The number of nitrogen functional groups attached to an aromatic ring is 1. The molecule has 6 rings (SSSR count). The summed E-state index contributed by atoms with van der Waals surface area (Å²) in [6.07, 6.45) is -0.576. The molecule has 0 bridgehead atoms. The van der Waals surface area contributed by atoms with Crippen LogP contribution in [0.1, 0.15) is 94.3 Å². The number of nitro groups is 2. The minimum atomic E-state index is -1.53. The number of carbonyl (C=O) groups excluding carboxylic acids is 7. The number of azo groups is 1. The van der Waals surface area contributed by atoms with Gasteiger partial charge in [-0.25, -0.2) is 0 Å². The Morgan fingerprint density at radius 2 is 0.804 bits per heavy atom. The van der Waals surface area contributed by atoms with Crippen LogP contribution < -0.4 is 144 Å². The maximum Gasteiger partial charge on any atom is 1.00 e. The number of aromatic carboxylic acids is 1. The summed E-state index contributed by atoms with van der Waals surface area (Å²) in [7, 11) is 0.